The number of hydrogen-bond acceptors (Lipinski definition) is 6. The van der Waals surface area contributed by atoms with Crippen molar-refractivity contribution in [3.63, 3.8) is 0 Å². The largest absolute Gasteiger partial charge is 0.447 e. The second kappa shape index (κ2) is 6.37. The summed E-state index contributed by atoms with van der Waals surface area (Å²) in [6.07, 6.45) is 1.51. The lowest BCUT2D eigenvalue weighted by Crippen LogP contribution is -2.24. The average molecular weight is 313 g/mol. The van der Waals surface area contributed by atoms with Gasteiger partial charge >= 0.3 is 0 Å². The Morgan fingerprint density at radius 2 is 2.10 bits per heavy atom. The van der Waals surface area contributed by atoms with E-state index in [0.29, 0.717) is 24.2 Å². The van der Waals surface area contributed by atoms with Crippen LogP contribution in [0.5, 0.6) is 0 Å². The molecule has 0 unspecified atom stereocenters. The molecule has 0 fully saturated rings. The molecule has 0 aliphatic rings. The van der Waals surface area contributed by atoms with Gasteiger partial charge in [0.25, 0.3) is 10.0 Å². The first-order chi connectivity index (χ1) is 9.88. The Hall–Kier alpha value is -1.71. The fraction of sp³-hybridized carbons (Fsp3) is 0.500. The van der Waals surface area contributed by atoms with E-state index in [1.54, 1.807) is 17.7 Å². The van der Waals surface area contributed by atoms with Crippen molar-refractivity contribution in [2.24, 2.45) is 7.05 Å². The number of aromatic nitrogens is 3. The second-order valence-corrected chi connectivity index (χ2v) is 6.64. The maximum atomic E-state index is 12.1. The Balaban J connectivity index is 2.01. The van der Waals surface area contributed by atoms with Crippen molar-refractivity contribution in [2.45, 2.75) is 38.1 Å². The molecule has 2 aromatic rings. The first-order valence-electron chi connectivity index (χ1n) is 6.53. The quantitative estimate of drug-likeness (QED) is 0.766. The molecule has 0 radical (unpaired) electrons. The first-order valence-corrected chi connectivity index (χ1v) is 8.01. The third-order valence-corrected chi connectivity index (χ3v) is 4.09. The summed E-state index contributed by atoms with van der Waals surface area (Å²) in [5, 5.41) is 10.5. The molecular weight excluding hydrogens is 294 g/mol. The van der Waals surface area contributed by atoms with E-state index in [4.69, 9.17) is 4.42 Å². The van der Waals surface area contributed by atoms with Crippen molar-refractivity contribution in [1.82, 2.24) is 24.8 Å². The lowest BCUT2D eigenvalue weighted by molar-refractivity contribution is 0.393. The van der Waals surface area contributed by atoms with Gasteiger partial charge in [-0.2, -0.15) is 0 Å². The third-order valence-electron chi connectivity index (χ3n) is 2.81. The Kier molecular flexibility index (Phi) is 4.76. The van der Waals surface area contributed by atoms with Gasteiger partial charge in [0.1, 0.15) is 17.9 Å². The third kappa shape index (κ3) is 4.13. The van der Waals surface area contributed by atoms with Crippen LogP contribution in [0.4, 0.5) is 0 Å². The Labute approximate surface area is 123 Å². The lowest BCUT2D eigenvalue weighted by atomic mass is 10.3. The molecular formula is C12H19N5O3S. The van der Waals surface area contributed by atoms with E-state index in [9.17, 15) is 8.42 Å². The molecule has 0 aromatic carbocycles. The van der Waals surface area contributed by atoms with Gasteiger partial charge in [-0.05, 0) is 12.1 Å². The normalized spacial score (nSPS) is 12.2. The fourth-order valence-electron chi connectivity index (χ4n) is 1.60. The molecule has 21 heavy (non-hydrogen) atoms. The average Bonchev–Trinajstić information content (AvgIpc) is 3.03. The molecule has 2 N–H and O–H groups in total. The minimum atomic E-state index is -3.70. The van der Waals surface area contributed by atoms with E-state index in [1.807, 2.05) is 13.8 Å². The van der Waals surface area contributed by atoms with Crippen LogP contribution in [0.2, 0.25) is 0 Å². The molecule has 2 rings (SSSR count). The minimum absolute atomic E-state index is 0.0547. The maximum Gasteiger partial charge on any atom is 0.274 e. The number of sulfonamides is 1. The van der Waals surface area contributed by atoms with Crippen molar-refractivity contribution < 1.29 is 12.8 Å². The standard InChI is InChI=1S/C12H19N5O3S/c1-9(2)13-6-10-4-5-12(20-10)21(18,19)15-7-11-16-14-8-17(11)3/h4-5,8-9,13,15H,6-7H2,1-3H3. The zero-order valence-electron chi connectivity index (χ0n) is 12.2. The van der Waals surface area contributed by atoms with Crippen molar-refractivity contribution in [3.05, 3.63) is 30.0 Å². The van der Waals surface area contributed by atoms with Gasteiger partial charge in [-0.15, -0.1) is 10.2 Å². The fourth-order valence-corrected chi connectivity index (χ4v) is 2.53. The van der Waals surface area contributed by atoms with E-state index in [2.05, 4.69) is 20.2 Å². The van der Waals surface area contributed by atoms with Crippen molar-refractivity contribution >= 4 is 10.0 Å². The number of hydrogen-bond donors (Lipinski definition) is 2. The molecule has 0 aliphatic carbocycles. The Morgan fingerprint density at radius 1 is 1.33 bits per heavy atom. The van der Waals surface area contributed by atoms with Gasteiger partial charge in [0, 0.05) is 13.1 Å². The summed E-state index contributed by atoms with van der Waals surface area (Å²) in [6, 6.07) is 3.38. The maximum absolute atomic E-state index is 12.1. The topological polar surface area (TPSA) is 102 Å². The zero-order chi connectivity index (χ0) is 15.5. The van der Waals surface area contributed by atoms with Crippen molar-refractivity contribution in [1.29, 1.82) is 0 Å². The van der Waals surface area contributed by atoms with Gasteiger partial charge in [-0.3, -0.25) is 0 Å². The molecule has 0 saturated heterocycles. The summed E-state index contributed by atoms with van der Waals surface area (Å²) in [7, 11) is -1.95. The summed E-state index contributed by atoms with van der Waals surface area (Å²) >= 11 is 0. The summed E-state index contributed by atoms with van der Waals surface area (Å²) in [4.78, 5) is 0. The number of nitrogens with one attached hydrogen (secondary N) is 2. The van der Waals surface area contributed by atoms with Gasteiger partial charge in [0.15, 0.2) is 0 Å². The van der Waals surface area contributed by atoms with Crippen LogP contribution in [0, 0.1) is 0 Å². The van der Waals surface area contributed by atoms with Crippen LogP contribution in [0.15, 0.2) is 28.0 Å². The number of nitrogens with zero attached hydrogens (tertiary/aromatic N) is 3. The van der Waals surface area contributed by atoms with Gasteiger partial charge in [-0.25, -0.2) is 13.1 Å². The van der Waals surface area contributed by atoms with Gasteiger partial charge < -0.3 is 14.3 Å². The van der Waals surface area contributed by atoms with Crippen LogP contribution in [0.3, 0.4) is 0 Å². The second-order valence-electron chi connectivity index (χ2n) is 4.94. The summed E-state index contributed by atoms with van der Waals surface area (Å²) in [6.45, 7) is 4.54. The molecule has 0 spiro atoms. The van der Waals surface area contributed by atoms with Crippen LogP contribution in [-0.2, 0) is 30.2 Å². The van der Waals surface area contributed by atoms with E-state index in [1.165, 1.54) is 12.4 Å². The molecule has 0 saturated carbocycles. The van der Waals surface area contributed by atoms with Crippen LogP contribution in [0.25, 0.3) is 0 Å². The highest BCUT2D eigenvalue weighted by atomic mass is 32.2. The van der Waals surface area contributed by atoms with E-state index < -0.39 is 10.0 Å². The van der Waals surface area contributed by atoms with Crippen molar-refractivity contribution in [3.8, 4) is 0 Å². The molecule has 0 amide bonds. The molecule has 0 atom stereocenters. The number of furan rings is 1. The van der Waals surface area contributed by atoms with Crippen molar-refractivity contribution in [2.75, 3.05) is 0 Å². The molecule has 2 aromatic heterocycles. The monoisotopic (exact) mass is 313 g/mol. The Morgan fingerprint density at radius 3 is 2.71 bits per heavy atom. The predicted molar refractivity (Wildman–Crippen MR) is 75.7 cm³/mol. The van der Waals surface area contributed by atoms with E-state index in [0.717, 1.165) is 0 Å². The predicted octanol–water partition coefficient (Wildman–Crippen LogP) is 0.385. The molecule has 0 aliphatic heterocycles. The van der Waals surface area contributed by atoms with Gasteiger partial charge in [-0.1, -0.05) is 13.8 Å². The molecule has 0 bridgehead atoms. The van der Waals surface area contributed by atoms with Gasteiger partial charge in [0.05, 0.1) is 13.1 Å². The molecule has 9 heteroatoms. The summed E-state index contributed by atoms with van der Waals surface area (Å²) in [5.74, 6) is 1.09. The van der Waals surface area contributed by atoms with Crippen LogP contribution >= 0.6 is 0 Å². The minimum Gasteiger partial charge on any atom is -0.447 e. The van der Waals surface area contributed by atoms with E-state index >= 15 is 0 Å². The number of rotatable bonds is 7. The molecule has 2 heterocycles. The van der Waals surface area contributed by atoms with Crippen LogP contribution in [-0.4, -0.2) is 29.2 Å². The molecule has 116 valence electrons. The summed E-state index contributed by atoms with van der Waals surface area (Å²) in [5.41, 5.74) is 0. The van der Waals surface area contributed by atoms with Crippen LogP contribution < -0.4 is 10.0 Å². The molecule has 8 nitrogen and oxygen atoms in total. The van der Waals surface area contributed by atoms with Crippen LogP contribution in [0.1, 0.15) is 25.4 Å². The zero-order valence-corrected chi connectivity index (χ0v) is 13.0. The lowest BCUT2D eigenvalue weighted by Gasteiger charge is -2.05. The summed E-state index contributed by atoms with van der Waals surface area (Å²) < 4.78 is 33.6. The highest BCUT2D eigenvalue weighted by molar-refractivity contribution is 7.89. The Bertz CT molecular complexity index is 689. The SMILES string of the molecule is CC(C)NCc1ccc(S(=O)(=O)NCc2nncn2C)o1. The first kappa shape index (κ1) is 15.7. The van der Waals surface area contributed by atoms with E-state index in [-0.39, 0.29) is 11.6 Å². The smallest absolute Gasteiger partial charge is 0.274 e. The highest BCUT2D eigenvalue weighted by Crippen LogP contribution is 2.14. The number of aryl methyl sites for hydroxylation is 1. The van der Waals surface area contributed by atoms with Gasteiger partial charge in [0.2, 0.25) is 5.09 Å². The highest BCUT2D eigenvalue weighted by Gasteiger charge is 2.19.